The highest BCUT2D eigenvalue weighted by atomic mass is 16.5. The molecule has 0 aromatic carbocycles. The second-order valence-corrected chi connectivity index (χ2v) is 5.64. The molecule has 0 bridgehead atoms. The Labute approximate surface area is 91.4 Å². The highest BCUT2D eigenvalue weighted by molar-refractivity contribution is 5.80. The van der Waals surface area contributed by atoms with Gasteiger partial charge in [-0.25, -0.2) is 0 Å². The molecule has 15 heavy (non-hydrogen) atoms. The van der Waals surface area contributed by atoms with E-state index in [2.05, 4.69) is 0 Å². The van der Waals surface area contributed by atoms with Crippen molar-refractivity contribution in [2.45, 2.75) is 70.0 Å². The van der Waals surface area contributed by atoms with Crippen LogP contribution >= 0.6 is 0 Å². The van der Waals surface area contributed by atoms with Crippen LogP contribution < -0.4 is 0 Å². The van der Waals surface area contributed by atoms with Crippen molar-refractivity contribution in [3.05, 3.63) is 0 Å². The van der Waals surface area contributed by atoms with Gasteiger partial charge in [0.1, 0.15) is 5.78 Å². The van der Waals surface area contributed by atoms with Crippen molar-refractivity contribution in [3.8, 4) is 0 Å². The smallest absolute Gasteiger partial charge is 0.135 e. The maximum atomic E-state index is 11.5. The summed E-state index contributed by atoms with van der Waals surface area (Å²) in [4.78, 5) is 11.5. The molecule has 3 aliphatic rings. The first-order valence-electron chi connectivity index (χ1n) is 6.46. The first-order valence-corrected chi connectivity index (χ1v) is 6.46. The summed E-state index contributed by atoms with van der Waals surface area (Å²) in [7, 11) is 0. The van der Waals surface area contributed by atoms with E-state index in [4.69, 9.17) is 4.74 Å². The van der Waals surface area contributed by atoms with Crippen LogP contribution in [0.15, 0.2) is 0 Å². The van der Waals surface area contributed by atoms with E-state index in [0.29, 0.717) is 23.7 Å². The van der Waals surface area contributed by atoms with Gasteiger partial charge in [-0.1, -0.05) is 12.8 Å². The van der Waals surface area contributed by atoms with Crippen molar-refractivity contribution >= 4 is 5.78 Å². The Morgan fingerprint density at radius 3 is 2.53 bits per heavy atom. The van der Waals surface area contributed by atoms with Crippen LogP contribution in [0.25, 0.3) is 0 Å². The minimum absolute atomic E-state index is 0.272. The van der Waals surface area contributed by atoms with E-state index in [0.717, 1.165) is 12.8 Å². The predicted octanol–water partition coefficient (Wildman–Crippen LogP) is 2.85. The van der Waals surface area contributed by atoms with Gasteiger partial charge in [0.05, 0.1) is 12.2 Å². The maximum Gasteiger partial charge on any atom is 0.135 e. The summed E-state index contributed by atoms with van der Waals surface area (Å²) in [5, 5.41) is 0. The molecule has 0 radical (unpaired) electrons. The average molecular weight is 208 g/mol. The molecule has 84 valence electrons. The normalized spacial score (nSPS) is 34.9. The summed E-state index contributed by atoms with van der Waals surface area (Å²) < 4.78 is 6.09. The van der Waals surface area contributed by atoms with E-state index in [9.17, 15) is 4.79 Å². The summed E-state index contributed by atoms with van der Waals surface area (Å²) >= 11 is 0. The molecule has 3 aliphatic carbocycles. The third kappa shape index (κ3) is 1.84. The molecule has 3 rings (SSSR count). The molecule has 0 amide bonds. The van der Waals surface area contributed by atoms with Crippen LogP contribution in [0.1, 0.15) is 57.8 Å². The first kappa shape index (κ1) is 9.83. The molecule has 0 aromatic rings. The van der Waals surface area contributed by atoms with Gasteiger partial charge < -0.3 is 4.74 Å². The Morgan fingerprint density at radius 1 is 1.13 bits per heavy atom. The molecule has 0 aromatic heterocycles. The third-order valence-electron chi connectivity index (χ3n) is 4.48. The third-order valence-corrected chi connectivity index (χ3v) is 4.48. The fourth-order valence-electron chi connectivity index (χ4n) is 3.35. The minimum atomic E-state index is 0.272. The van der Waals surface area contributed by atoms with Gasteiger partial charge in [-0.2, -0.15) is 0 Å². The number of ether oxygens (including phenoxy) is 1. The lowest BCUT2D eigenvalue weighted by molar-refractivity contribution is -0.134. The second-order valence-electron chi connectivity index (χ2n) is 5.64. The van der Waals surface area contributed by atoms with Crippen molar-refractivity contribution < 1.29 is 9.53 Å². The SMILES string of the molecule is O=C1CCC2(CCCC2)C(OC2CC2)C1. The molecule has 0 N–H and O–H groups in total. The van der Waals surface area contributed by atoms with Crippen LogP contribution in [0.3, 0.4) is 0 Å². The topological polar surface area (TPSA) is 26.3 Å². The Bertz CT molecular complexity index is 262. The predicted molar refractivity (Wildman–Crippen MR) is 57.7 cm³/mol. The quantitative estimate of drug-likeness (QED) is 0.697. The molecule has 3 saturated carbocycles. The van der Waals surface area contributed by atoms with Gasteiger partial charge in [0.2, 0.25) is 0 Å². The first-order chi connectivity index (χ1) is 7.28. The van der Waals surface area contributed by atoms with E-state index >= 15 is 0 Å². The molecule has 0 aliphatic heterocycles. The zero-order valence-electron chi connectivity index (χ0n) is 9.34. The van der Waals surface area contributed by atoms with Gasteiger partial charge in [-0.05, 0) is 37.5 Å². The molecular formula is C13H20O2. The number of hydrogen-bond donors (Lipinski definition) is 0. The maximum absolute atomic E-state index is 11.5. The van der Waals surface area contributed by atoms with Crippen LogP contribution in [0.5, 0.6) is 0 Å². The van der Waals surface area contributed by atoms with Crippen molar-refractivity contribution in [1.82, 2.24) is 0 Å². The number of carbonyl (C=O) groups excluding carboxylic acids is 1. The fraction of sp³-hybridized carbons (Fsp3) is 0.923. The summed E-state index contributed by atoms with van der Waals surface area (Å²) in [5.74, 6) is 0.429. The van der Waals surface area contributed by atoms with Crippen molar-refractivity contribution in [2.75, 3.05) is 0 Å². The zero-order chi connectivity index (χ0) is 10.3. The van der Waals surface area contributed by atoms with Gasteiger partial charge in [0, 0.05) is 12.8 Å². The van der Waals surface area contributed by atoms with Crippen LogP contribution in [0.2, 0.25) is 0 Å². The largest absolute Gasteiger partial charge is 0.374 e. The molecule has 0 saturated heterocycles. The monoisotopic (exact) mass is 208 g/mol. The molecule has 1 atom stereocenters. The number of Topliss-reactive ketones (excluding diaryl/α,β-unsaturated/α-hetero) is 1. The van der Waals surface area contributed by atoms with Gasteiger partial charge in [-0.3, -0.25) is 4.79 Å². The lowest BCUT2D eigenvalue weighted by Gasteiger charge is -2.40. The van der Waals surface area contributed by atoms with Crippen molar-refractivity contribution in [2.24, 2.45) is 5.41 Å². The minimum Gasteiger partial charge on any atom is -0.374 e. The molecule has 1 spiro atoms. The highest BCUT2D eigenvalue weighted by Gasteiger charge is 2.47. The van der Waals surface area contributed by atoms with Gasteiger partial charge in [0.25, 0.3) is 0 Å². The highest BCUT2D eigenvalue weighted by Crippen LogP contribution is 2.50. The zero-order valence-corrected chi connectivity index (χ0v) is 9.34. The number of ketones is 1. The number of carbonyl (C=O) groups is 1. The average Bonchev–Trinajstić information content (AvgIpc) is 2.92. The van der Waals surface area contributed by atoms with E-state index in [1.165, 1.54) is 38.5 Å². The van der Waals surface area contributed by atoms with E-state index in [1.54, 1.807) is 0 Å². The lowest BCUT2D eigenvalue weighted by atomic mass is 9.70. The Balaban J connectivity index is 1.74. The van der Waals surface area contributed by atoms with E-state index in [-0.39, 0.29) is 6.10 Å². The van der Waals surface area contributed by atoms with Crippen LogP contribution in [-0.4, -0.2) is 18.0 Å². The van der Waals surface area contributed by atoms with Gasteiger partial charge >= 0.3 is 0 Å². The molecule has 0 heterocycles. The second kappa shape index (κ2) is 3.58. The number of hydrogen-bond acceptors (Lipinski definition) is 2. The summed E-state index contributed by atoms with van der Waals surface area (Å²) in [5.41, 5.74) is 0.399. The van der Waals surface area contributed by atoms with Crippen LogP contribution in [0.4, 0.5) is 0 Å². The summed E-state index contributed by atoms with van der Waals surface area (Å²) in [6, 6.07) is 0. The standard InChI is InChI=1S/C13H20O2/c14-10-5-8-13(6-1-2-7-13)12(9-10)15-11-3-4-11/h11-12H,1-9H2. The van der Waals surface area contributed by atoms with E-state index < -0.39 is 0 Å². The van der Waals surface area contributed by atoms with E-state index in [1.807, 2.05) is 0 Å². The van der Waals surface area contributed by atoms with Crippen molar-refractivity contribution in [3.63, 3.8) is 0 Å². The molecular weight excluding hydrogens is 188 g/mol. The Hall–Kier alpha value is -0.370. The summed E-state index contributed by atoms with van der Waals surface area (Å²) in [6.07, 6.45) is 11.1. The molecule has 2 heteroatoms. The molecule has 2 nitrogen and oxygen atoms in total. The molecule has 3 fully saturated rings. The lowest BCUT2D eigenvalue weighted by Crippen LogP contribution is -2.41. The van der Waals surface area contributed by atoms with Gasteiger partial charge in [0.15, 0.2) is 0 Å². The fourth-order valence-corrected chi connectivity index (χ4v) is 3.35. The van der Waals surface area contributed by atoms with Crippen LogP contribution in [0, 0.1) is 5.41 Å². The number of rotatable bonds is 2. The van der Waals surface area contributed by atoms with Crippen LogP contribution in [-0.2, 0) is 9.53 Å². The van der Waals surface area contributed by atoms with Gasteiger partial charge in [-0.15, -0.1) is 0 Å². The van der Waals surface area contributed by atoms with Crippen molar-refractivity contribution in [1.29, 1.82) is 0 Å². The molecule has 1 unspecified atom stereocenters. The Kier molecular flexibility index (Phi) is 2.35. The summed E-state index contributed by atoms with van der Waals surface area (Å²) in [6.45, 7) is 0. The Morgan fingerprint density at radius 2 is 1.87 bits per heavy atom.